The fourth-order valence-corrected chi connectivity index (χ4v) is 4.37. The van der Waals surface area contributed by atoms with Gasteiger partial charge in [0.1, 0.15) is 18.2 Å². The van der Waals surface area contributed by atoms with E-state index in [2.05, 4.69) is 9.97 Å². The average Bonchev–Trinajstić information content (AvgIpc) is 2.86. The van der Waals surface area contributed by atoms with Crippen LogP contribution in [-0.2, 0) is 24.5 Å². The molecule has 190 valence electrons. The average molecular weight is 506 g/mol. The summed E-state index contributed by atoms with van der Waals surface area (Å²) in [5, 5.41) is 0. The van der Waals surface area contributed by atoms with Crippen LogP contribution in [-0.4, -0.2) is 64.2 Å². The van der Waals surface area contributed by atoms with Gasteiger partial charge in [-0.15, -0.1) is 0 Å². The van der Waals surface area contributed by atoms with Crippen molar-refractivity contribution in [2.45, 2.75) is 45.6 Å². The maximum atomic E-state index is 12.2. The van der Waals surface area contributed by atoms with Crippen molar-refractivity contribution in [2.24, 2.45) is 5.92 Å². The monoisotopic (exact) mass is 505 g/mol. The molecule has 0 radical (unpaired) electrons. The van der Waals surface area contributed by atoms with Crippen molar-refractivity contribution in [1.29, 1.82) is 0 Å². The Morgan fingerprint density at radius 2 is 1.77 bits per heavy atom. The molecule has 0 aliphatic carbocycles. The van der Waals surface area contributed by atoms with Gasteiger partial charge in [0.15, 0.2) is 0 Å². The SMILES string of the molecule is Cc1c(Oc2ccc([C@H]3CO[S@](=O)OC3)cc2)ncnc1OC1CCN(C(=O)OCC(C)C)CC1. The largest absolute Gasteiger partial charge is 0.474 e. The molecule has 2 aliphatic heterocycles. The lowest BCUT2D eigenvalue weighted by Gasteiger charge is -2.31. The second-order valence-corrected chi connectivity index (χ2v) is 9.90. The van der Waals surface area contributed by atoms with Gasteiger partial charge in [0.2, 0.25) is 11.8 Å². The van der Waals surface area contributed by atoms with Crippen LogP contribution in [0, 0.1) is 12.8 Å². The summed E-state index contributed by atoms with van der Waals surface area (Å²) in [6.45, 7) is 8.15. The van der Waals surface area contributed by atoms with Crippen molar-refractivity contribution in [3.8, 4) is 17.5 Å². The van der Waals surface area contributed by atoms with E-state index in [1.165, 1.54) is 6.33 Å². The van der Waals surface area contributed by atoms with E-state index >= 15 is 0 Å². The third-order valence-corrected chi connectivity index (χ3v) is 6.46. The Morgan fingerprint density at radius 1 is 1.11 bits per heavy atom. The van der Waals surface area contributed by atoms with Gasteiger partial charge in [-0.05, 0) is 30.5 Å². The van der Waals surface area contributed by atoms with Crippen LogP contribution in [0.15, 0.2) is 30.6 Å². The van der Waals surface area contributed by atoms with Crippen molar-refractivity contribution >= 4 is 17.5 Å². The zero-order chi connectivity index (χ0) is 24.8. The number of aromatic nitrogens is 2. The number of carbonyl (C=O) groups excluding carboxylic acids is 1. The molecular formula is C24H31N3O7S. The first kappa shape index (κ1) is 25.3. The molecule has 2 aromatic rings. The molecule has 10 nitrogen and oxygen atoms in total. The van der Waals surface area contributed by atoms with Crippen molar-refractivity contribution in [3.63, 3.8) is 0 Å². The van der Waals surface area contributed by atoms with Crippen LogP contribution >= 0.6 is 0 Å². The highest BCUT2D eigenvalue weighted by Gasteiger charge is 2.26. The molecule has 0 spiro atoms. The summed E-state index contributed by atoms with van der Waals surface area (Å²) >= 11 is -1.65. The van der Waals surface area contributed by atoms with E-state index in [0.29, 0.717) is 74.7 Å². The van der Waals surface area contributed by atoms with Crippen LogP contribution in [0.2, 0.25) is 0 Å². The lowest BCUT2D eigenvalue weighted by atomic mass is 10.0. The van der Waals surface area contributed by atoms with Crippen LogP contribution in [0.5, 0.6) is 17.5 Å². The summed E-state index contributed by atoms with van der Waals surface area (Å²) in [7, 11) is 0. The molecule has 35 heavy (non-hydrogen) atoms. The van der Waals surface area contributed by atoms with E-state index in [0.717, 1.165) is 5.56 Å². The van der Waals surface area contributed by atoms with E-state index in [4.69, 9.17) is 22.6 Å². The number of rotatable bonds is 7. The number of benzene rings is 1. The van der Waals surface area contributed by atoms with Crippen molar-refractivity contribution < 1.29 is 31.6 Å². The second kappa shape index (κ2) is 11.8. The van der Waals surface area contributed by atoms with Gasteiger partial charge >= 0.3 is 17.5 Å². The fourth-order valence-electron chi connectivity index (χ4n) is 3.75. The molecule has 0 N–H and O–H groups in total. The molecule has 1 aromatic carbocycles. The summed E-state index contributed by atoms with van der Waals surface area (Å²) in [5.74, 6) is 1.83. The molecule has 2 saturated heterocycles. The van der Waals surface area contributed by atoms with Gasteiger partial charge in [-0.1, -0.05) is 26.0 Å². The Bertz CT molecular complexity index is 1020. The van der Waals surface area contributed by atoms with Crippen LogP contribution in [0.25, 0.3) is 0 Å². The zero-order valence-electron chi connectivity index (χ0n) is 20.2. The maximum absolute atomic E-state index is 12.2. The fraction of sp³-hybridized carbons (Fsp3) is 0.542. The molecule has 11 heteroatoms. The normalized spacial score (nSPS) is 21.1. The number of nitrogens with zero attached hydrogens (tertiary/aromatic N) is 3. The predicted octanol–water partition coefficient (Wildman–Crippen LogP) is 3.92. The van der Waals surface area contributed by atoms with Gasteiger partial charge in [-0.2, -0.15) is 4.21 Å². The van der Waals surface area contributed by atoms with Gasteiger partial charge in [-0.25, -0.2) is 14.8 Å². The number of piperidine rings is 1. The predicted molar refractivity (Wildman–Crippen MR) is 127 cm³/mol. The third kappa shape index (κ3) is 6.89. The number of likely N-dealkylation sites (tertiary alicyclic amines) is 1. The van der Waals surface area contributed by atoms with Gasteiger partial charge in [-0.3, -0.25) is 8.37 Å². The number of hydrogen-bond donors (Lipinski definition) is 0. The van der Waals surface area contributed by atoms with Gasteiger partial charge in [0, 0.05) is 31.8 Å². The summed E-state index contributed by atoms with van der Waals surface area (Å²) in [4.78, 5) is 22.4. The molecule has 0 unspecified atom stereocenters. The molecular weight excluding hydrogens is 474 g/mol. The molecule has 1 amide bonds. The smallest absolute Gasteiger partial charge is 0.409 e. The molecule has 3 heterocycles. The van der Waals surface area contributed by atoms with Gasteiger partial charge in [0.05, 0.1) is 25.4 Å². The molecule has 1 aromatic heterocycles. The minimum atomic E-state index is -1.65. The van der Waals surface area contributed by atoms with Crippen LogP contribution in [0.1, 0.15) is 43.7 Å². The molecule has 2 aliphatic rings. The lowest BCUT2D eigenvalue weighted by molar-refractivity contribution is 0.0603. The van der Waals surface area contributed by atoms with Crippen molar-refractivity contribution in [2.75, 3.05) is 32.9 Å². The molecule has 0 saturated carbocycles. The summed E-state index contributed by atoms with van der Waals surface area (Å²) < 4.78 is 38.7. The van der Waals surface area contributed by atoms with Crippen molar-refractivity contribution in [1.82, 2.24) is 14.9 Å². The van der Waals surface area contributed by atoms with E-state index in [9.17, 15) is 9.00 Å². The minimum Gasteiger partial charge on any atom is -0.474 e. The summed E-state index contributed by atoms with van der Waals surface area (Å²) in [6.07, 6.45) is 2.48. The Morgan fingerprint density at radius 3 is 2.43 bits per heavy atom. The van der Waals surface area contributed by atoms with E-state index in [1.807, 2.05) is 45.0 Å². The topological polar surface area (TPSA) is 109 Å². The Labute approximate surface area is 207 Å². The minimum absolute atomic E-state index is 0.0195. The highest BCUT2D eigenvalue weighted by molar-refractivity contribution is 7.75. The number of carbonyl (C=O) groups is 1. The highest BCUT2D eigenvalue weighted by Crippen LogP contribution is 2.30. The van der Waals surface area contributed by atoms with Gasteiger partial charge in [0.25, 0.3) is 0 Å². The number of hydrogen-bond acceptors (Lipinski definition) is 9. The third-order valence-electron chi connectivity index (χ3n) is 5.81. The van der Waals surface area contributed by atoms with Crippen LogP contribution < -0.4 is 9.47 Å². The van der Waals surface area contributed by atoms with Crippen molar-refractivity contribution in [3.05, 3.63) is 41.7 Å². The van der Waals surface area contributed by atoms with Crippen LogP contribution in [0.4, 0.5) is 4.79 Å². The van der Waals surface area contributed by atoms with Crippen LogP contribution in [0.3, 0.4) is 0 Å². The molecule has 0 atom stereocenters. The Hall–Kier alpha value is -2.76. The lowest BCUT2D eigenvalue weighted by Crippen LogP contribution is -2.42. The number of amides is 1. The Balaban J connectivity index is 1.31. The molecule has 4 rings (SSSR count). The molecule has 2 fully saturated rings. The zero-order valence-corrected chi connectivity index (χ0v) is 21.0. The highest BCUT2D eigenvalue weighted by atomic mass is 32.2. The first-order chi connectivity index (χ1) is 16.9. The Kier molecular flexibility index (Phi) is 8.53. The molecule has 0 bridgehead atoms. The first-order valence-electron chi connectivity index (χ1n) is 11.7. The number of ether oxygens (including phenoxy) is 3. The van der Waals surface area contributed by atoms with Gasteiger partial charge < -0.3 is 19.1 Å². The quantitative estimate of drug-likeness (QED) is 0.553. The second-order valence-electron chi connectivity index (χ2n) is 9.03. The summed E-state index contributed by atoms with van der Waals surface area (Å²) in [5.41, 5.74) is 1.71. The first-order valence-corrected chi connectivity index (χ1v) is 12.7. The van der Waals surface area contributed by atoms with E-state index in [1.54, 1.807) is 4.90 Å². The van der Waals surface area contributed by atoms with E-state index < -0.39 is 11.4 Å². The summed E-state index contributed by atoms with van der Waals surface area (Å²) in [6, 6.07) is 7.54. The standard InChI is InChI=1S/C24H31N3O7S/c1-16(2)12-30-24(28)27-10-8-21(9-11-27)34-23-17(3)22(25-15-26-23)33-20-6-4-18(5-7-20)19-13-31-35(29)32-14-19/h4-7,15-16,19,21H,8-14H2,1-3H3/t19-,35-. The van der Waals surface area contributed by atoms with E-state index in [-0.39, 0.29) is 18.1 Å². The maximum Gasteiger partial charge on any atom is 0.409 e.